The molecule has 3 nitrogen and oxygen atoms in total. The number of rotatable bonds is 5. The van der Waals surface area contributed by atoms with Gasteiger partial charge in [-0.2, -0.15) is 0 Å². The van der Waals surface area contributed by atoms with Gasteiger partial charge in [0.25, 0.3) is 0 Å². The fourth-order valence-corrected chi connectivity index (χ4v) is 4.62. The van der Waals surface area contributed by atoms with Crippen LogP contribution < -0.4 is 10.6 Å². The molecule has 0 saturated heterocycles. The first-order valence-electron chi connectivity index (χ1n) is 9.56. The molecular formula is C22H24Cl5N3. The van der Waals surface area contributed by atoms with Crippen molar-refractivity contribution in [2.45, 2.75) is 44.3 Å². The lowest BCUT2D eigenvalue weighted by molar-refractivity contribution is 0.353. The second-order valence-electron chi connectivity index (χ2n) is 7.37. The zero-order chi connectivity index (χ0) is 19.5. The van der Waals surface area contributed by atoms with Crippen molar-refractivity contribution in [2.75, 3.05) is 5.32 Å². The van der Waals surface area contributed by atoms with Gasteiger partial charge in [-0.3, -0.25) is 4.98 Å². The SMILES string of the molecule is Cl.Cl.Clc1cc(Cl)cc(CN[C@H]2CC[C@@H](Nc3ccnc4cc(Cl)ccc34)CC2)c1. The predicted molar refractivity (Wildman–Crippen MR) is 134 cm³/mol. The minimum atomic E-state index is 0. The van der Waals surface area contributed by atoms with Gasteiger partial charge < -0.3 is 10.6 Å². The number of fused-ring (bicyclic) bond motifs is 1. The Kier molecular flexibility index (Phi) is 9.80. The van der Waals surface area contributed by atoms with Crippen LogP contribution in [0.5, 0.6) is 0 Å². The Labute approximate surface area is 204 Å². The van der Waals surface area contributed by atoms with E-state index in [2.05, 4.69) is 15.6 Å². The van der Waals surface area contributed by atoms with Crippen LogP contribution >= 0.6 is 59.6 Å². The Morgan fingerprint density at radius 2 is 1.47 bits per heavy atom. The topological polar surface area (TPSA) is 37.0 Å². The highest BCUT2D eigenvalue weighted by molar-refractivity contribution is 6.34. The van der Waals surface area contributed by atoms with Crippen LogP contribution in [0, 0.1) is 0 Å². The van der Waals surface area contributed by atoms with E-state index in [0.29, 0.717) is 27.2 Å². The molecule has 1 fully saturated rings. The van der Waals surface area contributed by atoms with E-state index in [-0.39, 0.29) is 24.8 Å². The maximum Gasteiger partial charge on any atom is 0.0737 e. The Bertz CT molecular complexity index is 954. The molecule has 1 saturated carbocycles. The minimum absolute atomic E-state index is 0. The lowest BCUT2D eigenvalue weighted by Gasteiger charge is -2.30. The highest BCUT2D eigenvalue weighted by Crippen LogP contribution is 2.28. The molecule has 3 aromatic rings. The fourth-order valence-electron chi connectivity index (χ4n) is 3.88. The lowest BCUT2D eigenvalue weighted by Crippen LogP contribution is -2.36. The zero-order valence-electron chi connectivity index (χ0n) is 16.2. The van der Waals surface area contributed by atoms with Gasteiger partial charge in [0, 0.05) is 51.0 Å². The van der Waals surface area contributed by atoms with Crippen LogP contribution in [-0.2, 0) is 6.54 Å². The standard InChI is InChI=1S/C22H22Cl3N3.2ClH/c23-15-1-6-20-21(7-8-26-22(20)12-15)28-19-4-2-18(3-5-19)27-13-14-9-16(24)11-17(25)10-14;;/h1,6-12,18-19,27H,2-5,13H2,(H,26,28);2*1H/t18-,19+;;. The third kappa shape index (κ3) is 6.53. The maximum absolute atomic E-state index is 6.09. The van der Waals surface area contributed by atoms with Crippen LogP contribution in [0.3, 0.4) is 0 Å². The number of pyridine rings is 1. The maximum atomic E-state index is 6.09. The third-order valence-corrected chi connectivity index (χ3v) is 5.98. The van der Waals surface area contributed by atoms with Gasteiger partial charge in [-0.05, 0) is 73.7 Å². The van der Waals surface area contributed by atoms with Gasteiger partial charge in [0.1, 0.15) is 0 Å². The number of nitrogens with one attached hydrogen (secondary N) is 2. The summed E-state index contributed by atoms with van der Waals surface area (Å²) in [7, 11) is 0. The fraction of sp³-hybridized carbons (Fsp3) is 0.318. The summed E-state index contributed by atoms with van der Waals surface area (Å²) >= 11 is 18.3. The summed E-state index contributed by atoms with van der Waals surface area (Å²) in [6, 6.07) is 14.6. The van der Waals surface area contributed by atoms with Crippen LogP contribution in [0.2, 0.25) is 15.1 Å². The van der Waals surface area contributed by atoms with Gasteiger partial charge in [-0.15, -0.1) is 24.8 Å². The van der Waals surface area contributed by atoms with E-state index >= 15 is 0 Å². The third-order valence-electron chi connectivity index (χ3n) is 5.31. The van der Waals surface area contributed by atoms with Crippen molar-refractivity contribution in [1.29, 1.82) is 0 Å². The molecule has 0 amide bonds. The second kappa shape index (κ2) is 11.6. The molecule has 2 aromatic carbocycles. The number of hydrogen-bond donors (Lipinski definition) is 2. The van der Waals surface area contributed by atoms with E-state index in [1.54, 1.807) is 6.07 Å². The summed E-state index contributed by atoms with van der Waals surface area (Å²) in [5.41, 5.74) is 3.18. The highest BCUT2D eigenvalue weighted by atomic mass is 35.5. The summed E-state index contributed by atoms with van der Waals surface area (Å²) in [6.07, 6.45) is 6.38. The van der Waals surface area contributed by atoms with Crippen molar-refractivity contribution in [2.24, 2.45) is 0 Å². The van der Waals surface area contributed by atoms with Crippen LogP contribution in [0.25, 0.3) is 10.9 Å². The summed E-state index contributed by atoms with van der Waals surface area (Å²) in [5.74, 6) is 0. The quantitative estimate of drug-likeness (QED) is 0.374. The van der Waals surface area contributed by atoms with E-state index in [9.17, 15) is 0 Å². The summed E-state index contributed by atoms with van der Waals surface area (Å²) in [6.45, 7) is 0.790. The lowest BCUT2D eigenvalue weighted by atomic mass is 9.90. The van der Waals surface area contributed by atoms with Crippen molar-refractivity contribution >= 4 is 76.2 Å². The minimum Gasteiger partial charge on any atom is -0.382 e. The predicted octanol–water partition coefficient (Wildman–Crippen LogP) is 7.55. The number of halogens is 5. The van der Waals surface area contributed by atoms with E-state index in [1.807, 2.05) is 42.6 Å². The number of benzene rings is 2. The summed E-state index contributed by atoms with van der Waals surface area (Å²) < 4.78 is 0. The summed E-state index contributed by atoms with van der Waals surface area (Å²) in [4.78, 5) is 4.42. The average molecular weight is 508 g/mol. The van der Waals surface area contributed by atoms with Crippen molar-refractivity contribution in [1.82, 2.24) is 10.3 Å². The first kappa shape index (κ1) is 25.3. The molecular weight excluding hydrogens is 484 g/mol. The van der Waals surface area contributed by atoms with Crippen LogP contribution in [0.15, 0.2) is 48.7 Å². The van der Waals surface area contributed by atoms with Crippen molar-refractivity contribution in [3.8, 4) is 0 Å². The molecule has 1 heterocycles. The molecule has 1 aliphatic carbocycles. The van der Waals surface area contributed by atoms with Crippen LogP contribution in [0.1, 0.15) is 31.2 Å². The molecule has 0 radical (unpaired) electrons. The summed E-state index contributed by atoms with van der Waals surface area (Å²) in [5, 5.41) is 10.5. The smallest absolute Gasteiger partial charge is 0.0737 e. The molecule has 1 aliphatic rings. The average Bonchev–Trinajstić information content (AvgIpc) is 2.67. The van der Waals surface area contributed by atoms with Gasteiger partial charge in [-0.1, -0.05) is 34.8 Å². The Hall–Kier alpha value is -0.940. The molecule has 0 atom stereocenters. The molecule has 0 spiro atoms. The largest absolute Gasteiger partial charge is 0.382 e. The molecule has 8 heteroatoms. The van der Waals surface area contributed by atoms with Gasteiger partial charge >= 0.3 is 0 Å². The van der Waals surface area contributed by atoms with Crippen molar-refractivity contribution in [3.63, 3.8) is 0 Å². The highest BCUT2D eigenvalue weighted by Gasteiger charge is 2.21. The molecule has 4 rings (SSSR count). The van der Waals surface area contributed by atoms with E-state index < -0.39 is 0 Å². The molecule has 30 heavy (non-hydrogen) atoms. The number of anilines is 1. The number of hydrogen-bond acceptors (Lipinski definition) is 3. The molecule has 0 unspecified atom stereocenters. The van der Waals surface area contributed by atoms with Crippen LogP contribution in [-0.4, -0.2) is 17.1 Å². The van der Waals surface area contributed by atoms with Crippen molar-refractivity contribution in [3.05, 3.63) is 69.3 Å². The first-order valence-corrected chi connectivity index (χ1v) is 10.7. The first-order chi connectivity index (χ1) is 13.6. The van der Waals surface area contributed by atoms with Gasteiger partial charge in [0.15, 0.2) is 0 Å². The van der Waals surface area contributed by atoms with E-state index in [0.717, 1.165) is 54.4 Å². The Morgan fingerprint density at radius 3 is 2.17 bits per heavy atom. The van der Waals surface area contributed by atoms with Gasteiger partial charge in [-0.25, -0.2) is 0 Å². The molecule has 0 bridgehead atoms. The number of aromatic nitrogens is 1. The molecule has 2 N–H and O–H groups in total. The Balaban J connectivity index is 0.00000160. The monoisotopic (exact) mass is 505 g/mol. The normalized spacial score (nSPS) is 18.4. The van der Waals surface area contributed by atoms with E-state index in [4.69, 9.17) is 34.8 Å². The van der Waals surface area contributed by atoms with E-state index in [1.165, 1.54) is 0 Å². The number of nitrogens with zero attached hydrogens (tertiary/aromatic N) is 1. The second-order valence-corrected chi connectivity index (χ2v) is 8.68. The van der Waals surface area contributed by atoms with Crippen molar-refractivity contribution < 1.29 is 0 Å². The van der Waals surface area contributed by atoms with Crippen LogP contribution in [0.4, 0.5) is 5.69 Å². The molecule has 162 valence electrons. The molecule has 1 aromatic heterocycles. The molecule has 0 aliphatic heterocycles. The van der Waals surface area contributed by atoms with Gasteiger partial charge in [0.05, 0.1) is 5.52 Å². The van der Waals surface area contributed by atoms with Gasteiger partial charge in [0.2, 0.25) is 0 Å². The Morgan fingerprint density at radius 1 is 0.800 bits per heavy atom. The zero-order valence-corrected chi connectivity index (χ0v) is 20.1.